The molecule has 0 fully saturated rings. The number of hydrogen-bond acceptors (Lipinski definition) is 4. The van der Waals surface area contributed by atoms with Crippen molar-refractivity contribution in [3.63, 3.8) is 0 Å². The largest absolute Gasteiger partial charge is 0.388 e. The van der Waals surface area contributed by atoms with Crippen molar-refractivity contribution in [1.29, 1.82) is 0 Å². The van der Waals surface area contributed by atoms with Crippen molar-refractivity contribution in [1.82, 2.24) is 4.98 Å². The van der Waals surface area contributed by atoms with Crippen LogP contribution in [-0.4, -0.2) is 29.6 Å². The van der Waals surface area contributed by atoms with Gasteiger partial charge in [0, 0.05) is 35.9 Å². The number of aliphatic hydroxyl groups excluding tert-OH is 1. The zero-order valence-electron chi connectivity index (χ0n) is 15.3. The van der Waals surface area contributed by atoms with Gasteiger partial charge in [0.1, 0.15) is 5.69 Å². The second-order valence-electron chi connectivity index (χ2n) is 5.74. The summed E-state index contributed by atoms with van der Waals surface area (Å²) < 4.78 is 10.9. The fourth-order valence-electron chi connectivity index (χ4n) is 2.54. The van der Waals surface area contributed by atoms with E-state index in [-0.39, 0.29) is 5.92 Å². The number of halogens is 1. The van der Waals surface area contributed by atoms with Gasteiger partial charge in [0.05, 0.1) is 6.10 Å². The van der Waals surface area contributed by atoms with Crippen LogP contribution in [0.2, 0.25) is 5.02 Å². The fourth-order valence-corrected chi connectivity index (χ4v) is 2.67. The van der Waals surface area contributed by atoms with Gasteiger partial charge in [-0.25, -0.2) is 4.98 Å². The highest BCUT2D eigenvalue weighted by atomic mass is 35.5. The van der Waals surface area contributed by atoms with E-state index < -0.39 is 12.4 Å². The molecule has 0 aliphatic rings. The van der Waals surface area contributed by atoms with Crippen LogP contribution in [0.25, 0.3) is 0 Å². The minimum absolute atomic E-state index is 0.133. The summed E-state index contributed by atoms with van der Waals surface area (Å²) in [5.74, 6) is 5.79. The van der Waals surface area contributed by atoms with Crippen LogP contribution >= 0.6 is 11.6 Å². The molecular weight excluding hydrogens is 350 g/mol. The molecule has 5 heteroatoms. The lowest BCUT2D eigenvalue weighted by molar-refractivity contribution is -0.0970. The van der Waals surface area contributed by atoms with Gasteiger partial charge >= 0.3 is 0 Å². The third-order valence-corrected chi connectivity index (χ3v) is 4.22. The second kappa shape index (κ2) is 10.3. The van der Waals surface area contributed by atoms with E-state index in [0.717, 1.165) is 5.56 Å². The highest BCUT2D eigenvalue weighted by Crippen LogP contribution is 2.32. The fraction of sp³-hybridized carbons (Fsp3) is 0.381. The van der Waals surface area contributed by atoms with Crippen molar-refractivity contribution >= 4 is 11.6 Å². The number of aliphatic hydroxyl groups is 1. The standard InChI is InChI=1S/C21H24ClNO3/c1-4-25-20(26-5-2)13-12-19-18(7-6-14-23-19)21(24)15(3)16-8-10-17(22)11-9-16/h6-11,14-15,20-21,24H,4-5H2,1-3H3. The molecule has 4 nitrogen and oxygen atoms in total. The molecule has 1 aromatic heterocycles. The quantitative estimate of drug-likeness (QED) is 0.580. The zero-order valence-corrected chi connectivity index (χ0v) is 16.0. The van der Waals surface area contributed by atoms with Gasteiger partial charge in [-0.2, -0.15) is 0 Å². The molecular formula is C21H24ClNO3. The van der Waals surface area contributed by atoms with Crippen LogP contribution in [0.5, 0.6) is 0 Å². The first kappa shape index (κ1) is 20.4. The summed E-state index contributed by atoms with van der Waals surface area (Å²) >= 11 is 5.95. The Morgan fingerprint density at radius 2 is 1.77 bits per heavy atom. The lowest BCUT2D eigenvalue weighted by Crippen LogP contribution is -2.15. The summed E-state index contributed by atoms with van der Waals surface area (Å²) in [5, 5.41) is 11.5. The number of nitrogens with zero attached hydrogens (tertiary/aromatic N) is 1. The average molecular weight is 374 g/mol. The topological polar surface area (TPSA) is 51.6 Å². The van der Waals surface area contributed by atoms with E-state index >= 15 is 0 Å². The molecule has 0 radical (unpaired) electrons. The van der Waals surface area contributed by atoms with E-state index in [2.05, 4.69) is 16.8 Å². The van der Waals surface area contributed by atoms with Crippen LogP contribution in [0.3, 0.4) is 0 Å². The van der Waals surface area contributed by atoms with Crippen LogP contribution in [0.15, 0.2) is 42.6 Å². The molecule has 1 N–H and O–H groups in total. The lowest BCUT2D eigenvalue weighted by Gasteiger charge is -2.20. The van der Waals surface area contributed by atoms with E-state index in [1.807, 2.05) is 51.1 Å². The molecule has 2 atom stereocenters. The van der Waals surface area contributed by atoms with Gasteiger partial charge in [-0.05, 0) is 49.5 Å². The maximum absolute atomic E-state index is 10.9. The minimum atomic E-state index is -0.744. The summed E-state index contributed by atoms with van der Waals surface area (Å²) in [4.78, 5) is 4.32. The van der Waals surface area contributed by atoms with Crippen molar-refractivity contribution in [2.75, 3.05) is 13.2 Å². The Labute approximate surface area is 160 Å². The summed E-state index contributed by atoms with van der Waals surface area (Å²) in [7, 11) is 0. The van der Waals surface area contributed by atoms with Crippen LogP contribution < -0.4 is 0 Å². The predicted molar refractivity (Wildman–Crippen MR) is 103 cm³/mol. The predicted octanol–water partition coefficient (Wildman–Crippen LogP) is 4.32. The third-order valence-electron chi connectivity index (χ3n) is 3.97. The van der Waals surface area contributed by atoms with Gasteiger partial charge in [-0.1, -0.05) is 36.7 Å². The van der Waals surface area contributed by atoms with Crippen LogP contribution in [0.1, 0.15) is 49.6 Å². The van der Waals surface area contributed by atoms with E-state index in [1.54, 1.807) is 12.3 Å². The van der Waals surface area contributed by atoms with Gasteiger partial charge < -0.3 is 14.6 Å². The second-order valence-corrected chi connectivity index (χ2v) is 6.17. The number of hydrogen-bond donors (Lipinski definition) is 1. The maximum atomic E-state index is 10.9. The molecule has 26 heavy (non-hydrogen) atoms. The van der Waals surface area contributed by atoms with Gasteiger partial charge in [-0.15, -0.1) is 0 Å². The van der Waals surface area contributed by atoms with Crippen molar-refractivity contribution < 1.29 is 14.6 Å². The van der Waals surface area contributed by atoms with E-state index in [4.69, 9.17) is 21.1 Å². The van der Waals surface area contributed by atoms with E-state index in [1.165, 1.54) is 0 Å². The van der Waals surface area contributed by atoms with Crippen LogP contribution in [0, 0.1) is 11.8 Å². The van der Waals surface area contributed by atoms with Crippen LogP contribution in [0.4, 0.5) is 0 Å². The first-order valence-corrected chi connectivity index (χ1v) is 9.07. The Morgan fingerprint density at radius 1 is 1.12 bits per heavy atom. The summed E-state index contributed by atoms with van der Waals surface area (Å²) in [5.41, 5.74) is 2.19. The summed E-state index contributed by atoms with van der Waals surface area (Å²) in [6, 6.07) is 11.1. The molecule has 2 unspecified atom stereocenters. The van der Waals surface area contributed by atoms with Crippen molar-refractivity contribution in [3.8, 4) is 11.8 Å². The number of aromatic nitrogens is 1. The molecule has 0 saturated carbocycles. The minimum Gasteiger partial charge on any atom is -0.388 e. The normalized spacial score (nSPS) is 13.2. The number of benzene rings is 1. The van der Waals surface area contributed by atoms with Crippen molar-refractivity contribution in [2.24, 2.45) is 0 Å². The molecule has 2 rings (SSSR count). The van der Waals surface area contributed by atoms with Crippen molar-refractivity contribution in [3.05, 3.63) is 64.4 Å². The Balaban J connectivity index is 2.26. The first-order chi connectivity index (χ1) is 12.6. The molecule has 2 aromatic rings. The van der Waals surface area contributed by atoms with Crippen molar-refractivity contribution in [2.45, 2.75) is 39.1 Å². The SMILES string of the molecule is CCOC(C#Cc1ncccc1C(O)C(C)c1ccc(Cl)cc1)OCC. The lowest BCUT2D eigenvalue weighted by atomic mass is 9.90. The molecule has 0 amide bonds. The monoisotopic (exact) mass is 373 g/mol. The van der Waals surface area contributed by atoms with Gasteiger partial charge in [0.25, 0.3) is 0 Å². The highest BCUT2D eigenvalue weighted by Gasteiger charge is 2.21. The molecule has 1 aromatic carbocycles. The molecule has 1 heterocycles. The maximum Gasteiger partial charge on any atom is 0.222 e. The number of ether oxygens (including phenoxy) is 2. The average Bonchev–Trinajstić information content (AvgIpc) is 2.66. The molecule has 0 aliphatic carbocycles. The Bertz CT molecular complexity index is 746. The van der Waals surface area contributed by atoms with E-state index in [0.29, 0.717) is 29.5 Å². The van der Waals surface area contributed by atoms with Gasteiger partial charge in [0.2, 0.25) is 6.29 Å². The zero-order chi connectivity index (χ0) is 18.9. The van der Waals surface area contributed by atoms with Crippen LogP contribution in [-0.2, 0) is 9.47 Å². The Morgan fingerprint density at radius 3 is 2.38 bits per heavy atom. The molecule has 0 aliphatic heterocycles. The summed E-state index contributed by atoms with van der Waals surface area (Å²) in [6.07, 6.45) is 0.307. The number of rotatable bonds is 7. The summed E-state index contributed by atoms with van der Waals surface area (Å²) in [6.45, 7) is 6.74. The Kier molecular flexibility index (Phi) is 8.08. The molecule has 0 spiro atoms. The molecule has 0 saturated heterocycles. The molecule has 0 bridgehead atoms. The van der Waals surface area contributed by atoms with E-state index in [9.17, 15) is 5.11 Å². The smallest absolute Gasteiger partial charge is 0.222 e. The highest BCUT2D eigenvalue weighted by molar-refractivity contribution is 6.30. The van der Waals surface area contributed by atoms with Gasteiger partial charge in [-0.3, -0.25) is 0 Å². The number of pyridine rings is 1. The first-order valence-electron chi connectivity index (χ1n) is 8.70. The Hall–Kier alpha value is -1.90. The third kappa shape index (κ3) is 5.55. The van der Waals surface area contributed by atoms with Gasteiger partial charge in [0.15, 0.2) is 0 Å². The molecule has 138 valence electrons.